The minimum atomic E-state index is -3.37. The quantitative estimate of drug-likeness (QED) is 0.758. The number of esters is 1. The molecule has 5 nitrogen and oxygen atoms in total. The molecule has 0 aliphatic heterocycles. The van der Waals surface area contributed by atoms with Crippen molar-refractivity contribution in [1.82, 2.24) is 0 Å². The summed E-state index contributed by atoms with van der Waals surface area (Å²) in [6.07, 6.45) is 1.10. The first-order valence-corrected chi connectivity index (χ1v) is 6.74. The molecule has 0 fully saturated rings. The van der Waals surface area contributed by atoms with Gasteiger partial charge in [-0.05, 0) is 17.7 Å². The number of hydrogen-bond donors (Lipinski definition) is 0. The highest BCUT2D eigenvalue weighted by Gasteiger charge is 2.15. The molecule has 0 bridgehead atoms. The SMILES string of the molecule is COc1ccc(COC(C)=O)cc1S(C)(=O)=O. The molecule has 0 saturated heterocycles. The molecule has 94 valence electrons. The van der Waals surface area contributed by atoms with Gasteiger partial charge in [0.05, 0.1) is 7.11 Å². The Hall–Kier alpha value is -1.56. The molecule has 17 heavy (non-hydrogen) atoms. The van der Waals surface area contributed by atoms with Gasteiger partial charge in [-0.15, -0.1) is 0 Å². The van der Waals surface area contributed by atoms with Crippen molar-refractivity contribution < 1.29 is 22.7 Å². The molecule has 0 saturated carbocycles. The van der Waals surface area contributed by atoms with Gasteiger partial charge in [0.2, 0.25) is 0 Å². The zero-order chi connectivity index (χ0) is 13.1. The van der Waals surface area contributed by atoms with Gasteiger partial charge in [-0.3, -0.25) is 4.79 Å². The zero-order valence-electron chi connectivity index (χ0n) is 9.89. The molecule has 0 N–H and O–H groups in total. The topological polar surface area (TPSA) is 69.7 Å². The Morgan fingerprint density at radius 3 is 2.47 bits per heavy atom. The lowest BCUT2D eigenvalue weighted by atomic mass is 10.2. The van der Waals surface area contributed by atoms with Crippen LogP contribution < -0.4 is 4.74 Å². The Bertz CT molecular complexity index is 519. The average molecular weight is 258 g/mol. The Balaban J connectivity index is 3.10. The summed E-state index contributed by atoms with van der Waals surface area (Å²) >= 11 is 0. The van der Waals surface area contributed by atoms with E-state index in [0.29, 0.717) is 5.56 Å². The van der Waals surface area contributed by atoms with E-state index in [2.05, 4.69) is 0 Å². The third-order valence-electron chi connectivity index (χ3n) is 2.07. The maximum Gasteiger partial charge on any atom is 0.302 e. The molecule has 1 rings (SSSR count). The van der Waals surface area contributed by atoms with Crippen molar-refractivity contribution in [3.8, 4) is 5.75 Å². The number of methoxy groups -OCH3 is 1. The lowest BCUT2D eigenvalue weighted by Gasteiger charge is -2.09. The monoisotopic (exact) mass is 258 g/mol. The van der Waals surface area contributed by atoms with E-state index in [1.807, 2.05) is 0 Å². The largest absolute Gasteiger partial charge is 0.495 e. The van der Waals surface area contributed by atoms with Crippen molar-refractivity contribution in [3.63, 3.8) is 0 Å². The van der Waals surface area contributed by atoms with Gasteiger partial charge in [-0.25, -0.2) is 8.42 Å². The summed E-state index contributed by atoms with van der Waals surface area (Å²) in [4.78, 5) is 10.7. The van der Waals surface area contributed by atoms with Crippen molar-refractivity contribution >= 4 is 15.8 Å². The molecule has 0 radical (unpaired) electrons. The predicted octanol–water partition coefficient (Wildman–Crippen LogP) is 1.16. The van der Waals surface area contributed by atoms with Gasteiger partial charge in [0.25, 0.3) is 0 Å². The summed E-state index contributed by atoms with van der Waals surface area (Å²) in [5.74, 6) is -0.138. The minimum absolute atomic E-state index is 0.0435. The highest BCUT2D eigenvalue weighted by Crippen LogP contribution is 2.25. The molecule has 6 heteroatoms. The Morgan fingerprint density at radius 2 is 2.00 bits per heavy atom. The van der Waals surface area contributed by atoms with Crippen LogP contribution in [0.4, 0.5) is 0 Å². The fourth-order valence-electron chi connectivity index (χ4n) is 1.29. The van der Waals surface area contributed by atoms with Gasteiger partial charge in [0.1, 0.15) is 17.3 Å². The van der Waals surface area contributed by atoms with E-state index in [1.54, 1.807) is 6.07 Å². The molecule has 0 aromatic heterocycles. The first kappa shape index (κ1) is 13.5. The van der Waals surface area contributed by atoms with E-state index >= 15 is 0 Å². The van der Waals surface area contributed by atoms with Crippen LogP contribution in [-0.4, -0.2) is 27.8 Å². The van der Waals surface area contributed by atoms with Crippen molar-refractivity contribution in [3.05, 3.63) is 23.8 Å². The fraction of sp³-hybridized carbons (Fsp3) is 0.364. The van der Waals surface area contributed by atoms with Crippen LogP contribution in [0.25, 0.3) is 0 Å². The van der Waals surface area contributed by atoms with E-state index in [4.69, 9.17) is 9.47 Å². The van der Waals surface area contributed by atoms with Gasteiger partial charge in [-0.2, -0.15) is 0 Å². The average Bonchev–Trinajstić information content (AvgIpc) is 2.24. The molecule has 0 amide bonds. The second-order valence-electron chi connectivity index (χ2n) is 3.54. The maximum atomic E-state index is 11.5. The van der Waals surface area contributed by atoms with E-state index in [-0.39, 0.29) is 17.3 Å². The van der Waals surface area contributed by atoms with Crippen LogP contribution >= 0.6 is 0 Å². The number of sulfone groups is 1. The zero-order valence-corrected chi connectivity index (χ0v) is 10.7. The normalized spacial score (nSPS) is 11.0. The fourth-order valence-corrected chi connectivity index (χ4v) is 2.17. The second kappa shape index (κ2) is 5.18. The molecule has 0 heterocycles. The van der Waals surface area contributed by atoms with E-state index < -0.39 is 15.8 Å². The lowest BCUT2D eigenvalue weighted by molar-refractivity contribution is -0.142. The number of carbonyl (C=O) groups is 1. The van der Waals surface area contributed by atoms with Crippen molar-refractivity contribution in [2.45, 2.75) is 18.4 Å². The number of benzene rings is 1. The van der Waals surface area contributed by atoms with Gasteiger partial charge < -0.3 is 9.47 Å². The minimum Gasteiger partial charge on any atom is -0.495 e. The first-order valence-electron chi connectivity index (χ1n) is 4.85. The summed E-state index contributed by atoms with van der Waals surface area (Å²) in [7, 11) is -1.97. The Kier molecular flexibility index (Phi) is 4.11. The lowest BCUT2D eigenvalue weighted by Crippen LogP contribution is -2.04. The first-order chi connectivity index (χ1) is 7.84. The van der Waals surface area contributed by atoms with Gasteiger partial charge in [-0.1, -0.05) is 6.07 Å². The molecular formula is C11H14O5S. The van der Waals surface area contributed by atoms with Gasteiger partial charge in [0.15, 0.2) is 9.84 Å². The van der Waals surface area contributed by atoms with Crippen LogP contribution in [0.15, 0.2) is 23.1 Å². The van der Waals surface area contributed by atoms with Crippen molar-refractivity contribution in [2.24, 2.45) is 0 Å². The molecule has 1 aromatic carbocycles. The molecule has 0 aliphatic rings. The number of rotatable bonds is 4. The van der Waals surface area contributed by atoms with Crippen LogP contribution in [0, 0.1) is 0 Å². The molecule has 1 aromatic rings. The van der Waals surface area contributed by atoms with E-state index in [0.717, 1.165) is 6.26 Å². The summed E-state index contributed by atoms with van der Waals surface area (Å²) < 4.78 is 32.8. The summed E-state index contributed by atoms with van der Waals surface area (Å²) in [6, 6.07) is 4.63. The van der Waals surface area contributed by atoms with E-state index in [1.165, 1.54) is 26.2 Å². The van der Waals surface area contributed by atoms with E-state index in [9.17, 15) is 13.2 Å². The van der Waals surface area contributed by atoms with Crippen LogP contribution in [-0.2, 0) is 26.0 Å². The molecule has 0 unspecified atom stereocenters. The number of ether oxygens (including phenoxy) is 2. The predicted molar refractivity (Wildman–Crippen MR) is 61.6 cm³/mol. The molecule has 0 aliphatic carbocycles. The summed E-state index contributed by atoms with van der Waals surface area (Å²) in [5.41, 5.74) is 0.599. The molecular weight excluding hydrogens is 244 g/mol. The van der Waals surface area contributed by atoms with Crippen LogP contribution in [0.1, 0.15) is 12.5 Å². The Labute approximate surface area is 100 Å². The maximum absolute atomic E-state index is 11.5. The van der Waals surface area contributed by atoms with Crippen LogP contribution in [0.2, 0.25) is 0 Å². The third kappa shape index (κ3) is 3.74. The number of hydrogen-bond acceptors (Lipinski definition) is 5. The second-order valence-corrected chi connectivity index (χ2v) is 5.52. The molecule has 0 spiro atoms. The van der Waals surface area contributed by atoms with Crippen LogP contribution in [0.5, 0.6) is 5.75 Å². The van der Waals surface area contributed by atoms with Gasteiger partial charge >= 0.3 is 5.97 Å². The standard InChI is InChI=1S/C11H14O5S/c1-8(12)16-7-9-4-5-10(15-2)11(6-9)17(3,13)14/h4-6H,7H2,1-3H3. The number of carbonyl (C=O) groups excluding carboxylic acids is 1. The highest BCUT2D eigenvalue weighted by molar-refractivity contribution is 7.90. The van der Waals surface area contributed by atoms with Crippen molar-refractivity contribution in [1.29, 1.82) is 0 Å². The summed E-state index contributed by atoms with van der Waals surface area (Å²) in [5, 5.41) is 0. The smallest absolute Gasteiger partial charge is 0.302 e. The third-order valence-corrected chi connectivity index (χ3v) is 3.19. The van der Waals surface area contributed by atoms with Crippen molar-refractivity contribution in [2.75, 3.05) is 13.4 Å². The highest BCUT2D eigenvalue weighted by atomic mass is 32.2. The summed E-state index contributed by atoms with van der Waals surface area (Å²) in [6.45, 7) is 1.34. The Morgan fingerprint density at radius 1 is 1.35 bits per heavy atom. The van der Waals surface area contributed by atoms with Crippen LogP contribution in [0.3, 0.4) is 0 Å². The molecule has 0 atom stereocenters. The van der Waals surface area contributed by atoms with Gasteiger partial charge in [0, 0.05) is 13.2 Å².